The van der Waals surface area contributed by atoms with Gasteiger partial charge in [-0.2, -0.15) is 5.26 Å². The van der Waals surface area contributed by atoms with Crippen LogP contribution in [0.3, 0.4) is 0 Å². The van der Waals surface area contributed by atoms with E-state index in [4.69, 9.17) is 10.00 Å². The zero-order valence-electron chi connectivity index (χ0n) is 15.3. The molecule has 0 saturated heterocycles. The number of nitriles is 1. The van der Waals surface area contributed by atoms with Crippen LogP contribution in [0.1, 0.15) is 13.3 Å². The number of nitrogens with zero attached hydrogens (tertiary/aromatic N) is 2. The fraction of sp³-hybridized carbons (Fsp3) is 0.250. The summed E-state index contributed by atoms with van der Waals surface area (Å²) in [6.45, 7) is 1.76. The zero-order valence-corrected chi connectivity index (χ0v) is 16.1. The molecule has 0 aliphatic carbocycles. The number of para-hydroxylation sites is 2. The van der Waals surface area contributed by atoms with Crippen molar-refractivity contribution >= 4 is 35.0 Å². The lowest BCUT2D eigenvalue weighted by molar-refractivity contribution is -0.116. The third-order valence-electron chi connectivity index (χ3n) is 3.66. The molecule has 0 saturated carbocycles. The lowest BCUT2D eigenvalue weighted by Gasteiger charge is -2.23. The molecule has 0 spiro atoms. The first-order valence-electron chi connectivity index (χ1n) is 8.36. The molecule has 0 heterocycles. The first kappa shape index (κ1) is 20.3. The number of carbonyl (C=O) groups is 2. The van der Waals surface area contributed by atoms with E-state index in [9.17, 15) is 9.59 Å². The average molecular weight is 383 g/mol. The highest BCUT2D eigenvalue weighted by Gasteiger charge is 2.19. The van der Waals surface area contributed by atoms with Gasteiger partial charge >= 0.3 is 0 Å². The molecule has 0 atom stereocenters. The molecular formula is C20H21N3O3S. The van der Waals surface area contributed by atoms with Gasteiger partial charge in [0.2, 0.25) is 11.8 Å². The second kappa shape index (κ2) is 10.2. The van der Waals surface area contributed by atoms with Gasteiger partial charge in [0, 0.05) is 24.1 Å². The number of methoxy groups -OCH3 is 1. The zero-order chi connectivity index (χ0) is 19.6. The SMILES string of the molecule is COc1ccccc1N(CCC#N)C(=O)CSc1ccc(NC(C)=O)cc1. The van der Waals surface area contributed by atoms with Crippen molar-refractivity contribution in [3.63, 3.8) is 0 Å². The molecule has 0 radical (unpaired) electrons. The third-order valence-corrected chi connectivity index (χ3v) is 4.66. The Hall–Kier alpha value is -2.98. The van der Waals surface area contributed by atoms with Crippen LogP contribution in [0, 0.1) is 11.3 Å². The average Bonchev–Trinajstić information content (AvgIpc) is 2.67. The number of amides is 2. The van der Waals surface area contributed by atoms with Crippen LogP contribution in [-0.2, 0) is 9.59 Å². The molecule has 140 valence electrons. The third kappa shape index (κ3) is 6.04. The van der Waals surface area contributed by atoms with Gasteiger partial charge in [0.15, 0.2) is 0 Å². The predicted octanol–water partition coefficient (Wildman–Crippen LogP) is 3.69. The minimum Gasteiger partial charge on any atom is -0.495 e. The summed E-state index contributed by atoms with van der Waals surface area (Å²) in [5, 5.41) is 11.6. The molecule has 2 amide bonds. The van der Waals surface area contributed by atoms with E-state index >= 15 is 0 Å². The Balaban J connectivity index is 2.07. The van der Waals surface area contributed by atoms with Crippen molar-refractivity contribution in [3.05, 3.63) is 48.5 Å². The van der Waals surface area contributed by atoms with Crippen molar-refractivity contribution in [1.82, 2.24) is 0 Å². The first-order chi connectivity index (χ1) is 13.0. The van der Waals surface area contributed by atoms with E-state index in [0.29, 0.717) is 23.7 Å². The monoisotopic (exact) mass is 383 g/mol. The maximum absolute atomic E-state index is 12.8. The van der Waals surface area contributed by atoms with Gasteiger partial charge < -0.3 is 15.0 Å². The summed E-state index contributed by atoms with van der Waals surface area (Å²) in [5.74, 6) is 0.581. The van der Waals surface area contributed by atoms with Crippen molar-refractivity contribution < 1.29 is 14.3 Å². The van der Waals surface area contributed by atoms with Crippen LogP contribution in [0.4, 0.5) is 11.4 Å². The minimum atomic E-state index is -0.129. The second-order valence-corrected chi connectivity index (χ2v) is 6.67. The highest BCUT2D eigenvalue weighted by atomic mass is 32.2. The van der Waals surface area contributed by atoms with Gasteiger partial charge in [0.05, 0.1) is 31.0 Å². The second-order valence-electron chi connectivity index (χ2n) is 5.62. The molecule has 0 aliphatic heterocycles. The van der Waals surface area contributed by atoms with Crippen LogP contribution in [0.5, 0.6) is 5.75 Å². The summed E-state index contributed by atoms with van der Waals surface area (Å²) >= 11 is 1.40. The van der Waals surface area contributed by atoms with Gasteiger partial charge in [-0.05, 0) is 36.4 Å². The predicted molar refractivity (Wildman–Crippen MR) is 107 cm³/mol. The van der Waals surface area contributed by atoms with Crippen molar-refractivity contribution in [2.24, 2.45) is 0 Å². The smallest absolute Gasteiger partial charge is 0.237 e. The van der Waals surface area contributed by atoms with E-state index in [1.807, 2.05) is 24.3 Å². The fourth-order valence-corrected chi connectivity index (χ4v) is 3.23. The minimum absolute atomic E-state index is 0.106. The number of benzene rings is 2. The van der Waals surface area contributed by atoms with Crippen molar-refractivity contribution in [3.8, 4) is 11.8 Å². The molecule has 0 fully saturated rings. The van der Waals surface area contributed by atoms with Gasteiger partial charge in [-0.1, -0.05) is 12.1 Å². The van der Waals surface area contributed by atoms with Gasteiger partial charge in [0.1, 0.15) is 5.75 Å². The quantitative estimate of drug-likeness (QED) is 0.703. The van der Waals surface area contributed by atoms with Gasteiger partial charge in [-0.15, -0.1) is 11.8 Å². The van der Waals surface area contributed by atoms with E-state index in [1.54, 1.807) is 36.3 Å². The number of rotatable bonds is 8. The number of ether oxygens (including phenoxy) is 1. The van der Waals surface area contributed by atoms with Crippen LogP contribution >= 0.6 is 11.8 Å². The van der Waals surface area contributed by atoms with Gasteiger partial charge in [-0.3, -0.25) is 9.59 Å². The summed E-state index contributed by atoms with van der Waals surface area (Å²) in [5.41, 5.74) is 1.37. The van der Waals surface area contributed by atoms with E-state index in [1.165, 1.54) is 18.7 Å². The normalized spacial score (nSPS) is 9.96. The van der Waals surface area contributed by atoms with Crippen LogP contribution in [-0.4, -0.2) is 31.2 Å². The van der Waals surface area contributed by atoms with Crippen LogP contribution in [0.25, 0.3) is 0 Å². The number of nitrogens with one attached hydrogen (secondary N) is 1. The number of anilines is 2. The molecule has 7 heteroatoms. The number of carbonyl (C=O) groups excluding carboxylic acids is 2. The molecule has 6 nitrogen and oxygen atoms in total. The molecule has 2 rings (SSSR count). The molecule has 2 aromatic rings. The first-order valence-corrected chi connectivity index (χ1v) is 9.34. The standard InChI is InChI=1S/C20H21N3O3S/c1-15(24)22-16-8-10-17(11-9-16)27-14-20(25)23(13-5-12-21)18-6-3-4-7-19(18)26-2/h3-4,6-11H,5,13-14H2,1-2H3,(H,22,24). The number of hydrogen-bond donors (Lipinski definition) is 1. The van der Waals surface area contributed by atoms with Gasteiger partial charge in [0.25, 0.3) is 0 Å². The molecule has 0 aromatic heterocycles. The van der Waals surface area contributed by atoms with E-state index in [-0.39, 0.29) is 24.0 Å². The Bertz CT molecular complexity index is 831. The topological polar surface area (TPSA) is 82.4 Å². The highest BCUT2D eigenvalue weighted by Crippen LogP contribution is 2.29. The molecule has 1 N–H and O–H groups in total. The van der Waals surface area contributed by atoms with E-state index in [0.717, 1.165) is 4.90 Å². The maximum Gasteiger partial charge on any atom is 0.237 e. The number of hydrogen-bond acceptors (Lipinski definition) is 5. The molecular weight excluding hydrogens is 362 g/mol. The molecule has 0 unspecified atom stereocenters. The van der Waals surface area contributed by atoms with Crippen LogP contribution in [0.2, 0.25) is 0 Å². The maximum atomic E-state index is 12.8. The Morgan fingerprint density at radius 1 is 1.19 bits per heavy atom. The van der Waals surface area contributed by atoms with Crippen molar-refractivity contribution in [1.29, 1.82) is 5.26 Å². The summed E-state index contributed by atoms with van der Waals surface area (Å²) in [6.07, 6.45) is 0.236. The lowest BCUT2D eigenvalue weighted by Crippen LogP contribution is -2.33. The van der Waals surface area contributed by atoms with Crippen LogP contribution < -0.4 is 15.0 Å². The fourth-order valence-electron chi connectivity index (χ4n) is 2.45. The van der Waals surface area contributed by atoms with Crippen LogP contribution in [0.15, 0.2) is 53.4 Å². The Labute approximate surface area is 163 Å². The Morgan fingerprint density at radius 3 is 2.52 bits per heavy atom. The molecule has 0 aliphatic rings. The largest absolute Gasteiger partial charge is 0.495 e. The highest BCUT2D eigenvalue weighted by molar-refractivity contribution is 8.00. The summed E-state index contributed by atoms with van der Waals surface area (Å²) in [4.78, 5) is 26.3. The summed E-state index contributed by atoms with van der Waals surface area (Å²) < 4.78 is 5.35. The van der Waals surface area contributed by atoms with E-state index < -0.39 is 0 Å². The number of thioether (sulfide) groups is 1. The molecule has 0 bridgehead atoms. The van der Waals surface area contributed by atoms with Gasteiger partial charge in [-0.25, -0.2) is 0 Å². The lowest BCUT2D eigenvalue weighted by atomic mass is 10.2. The Morgan fingerprint density at radius 2 is 1.89 bits per heavy atom. The summed E-state index contributed by atoms with van der Waals surface area (Å²) in [6, 6.07) is 16.6. The van der Waals surface area contributed by atoms with Crippen molar-refractivity contribution in [2.75, 3.05) is 29.6 Å². The summed E-state index contributed by atoms with van der Waals surface area (Å²) in [7, 11) is 1.55. The van der Waals surface area contributed by atoms with E-state index in [2.05, 4.69) is 11.4 Å². The molecule has 27 heavy (non-hydrogen) atoms. The van der Waals surface area contributed by atoms with Crippen molar-refractivity contribution in [2.45, 2.75) is 18.2 Å². The Kier molecular flexibility index (Phi) is 7.71. The molecule has 2 aromatic carbocycles.